The number of hydrogen-bond acceptors (Lipinski definition) is 3. The minimum Gasteiger partial charge on any atom is -0.381 e. The van der Waals surface area contributed by atoms with Crippen molar-refractivity contribution in [2.45, 2.75) is 37.5 Å². The van der Waals surface area contributed by atoms with Crippen molar-refractivity contribution in [2.75, 3.05) is 19.8 Å². The highest BCUT2D eigenvalue weighted by Gasteiger charge is 2.26. The molecule has 0 radical (unpaired) electrons. The Morgan fingerprint density at radius 1 is 1.30 bits per heavy atom. The number of ether oxygens (including phenoxy) is 1. The van der Waals surface area contributed by atoms with E-state index in [2.05, 4.69) is 4.72 Å². The fraction of sp³-hybridized carbons (Fsp3) is 0.600. The molecular formula is C15H23NO3S. The van der Waals surface area contributed by atoms with Crippen LogP contribution in [0.4, 0.5) is 0 Å². The average molecular weight is 297 g/mol. The van der Waals surface area contributed by atoms with Crippen molar-refractivity contribution in [1.29, 1.82) is 0 Å². The van der Waals surface area contributed by atoms with Crippen molar-refractivity contribution in [2.24, 2.45) is 5.92 Å². The molecule has 0 spiro atoms. The summed E-state index contributed by atoms with van der Waals surface area (Å²) >= 11 is 0. The van der Waals surface area contributed by atoms with E-state index < -0.39 is 10.0 Å². The summed E-state index contributed by atoms with van der Waals surface area (Å²) in [6.45, 7) is 7.87. The van der Waals surface area contributed by atoms with E-state index in [0.29, 0.717) is 18.0 Å². The first-order valence-electron chi connectivity index (χ1n) is 6.97. The van der Waals surface area contributed by atoms with Gasteiger partial charge in [0.2, 0.25) is 10.0 Å². The van der Waals surface area contributed by atoms with E-state index in [-0.39, 0.29) is 11.3 Å². The number of benzene rings is 1. The minimum atomic E-state index is -3.47. The van der Waals surface area contributed by atoms with Gasteiger partial charge in [-0.25, -0.2) is 13.1 Å². The summed E-state index contributed by atoms with van der Waals surface area (Å²) in [5, 5.41) is 0. The maximum absolute atomic E-state index is 12.5. The van der Waals surface area contributed by atoms with E-state index in [1.54, 1.807) is 12.1 Å². The molecular weight excluding hydrogens is 274 g/mol. The third kappa shape index (κ3) is 3.59. The number of sulfonamides is 1. The van der Waals surface area contributed by atoms with Crippen LogP contribution in [0.1, 0.15) is 32.8 Å². The molecule has 1 fully saturated rings. The molecule has 20 heavy (non-hydrogen) atoms. The lowest BCUT2D eigenvalue weighted by atomic mass is 9.87. The van der Waals surface area contributed by atoms with Gasteiger partial charge in [-0.1, -0.05) is 39.0 Å². The summed E-state index contributed by atoms with van der Waals surface area (Å²) in [6, 6.07) is 7.20. The lowest BCUT2D eigenvalue weighted by Crippen LogP contribution is -2.31. The summed E-state index contributed by atoms with van der Waals surface area (Å²) < 4.78 is 33.0. The first-order chi connectivity index (χ1) is 9.31. The first kappa shape index (κ1) is 15.5. The summed E-state index contributed by atoms with van der Waals surface area (Å²) in [4.78, 5) is 0.381. The highest BCUT2D eigenvalue weighted by molar-refractivity contribution is 7.89. The van der Waals surface area contributed by atoms with Crippen LogP contribution in [-0.4, -0.2) is 28.2 Å². The predicted molar refractivity (Wildman–Crippen MR) is 79.3 cm³/mol. The summed E-state index contributed by atoms with van der Waals surface area (Å²) in [5.41, 5.74) is 0.636. The van der Waals surface area contributed by atoms with Gasteiger partial charge in [0.25, 0.3) is 0 Å². The molecule has 1 aliphatic rings. The van der Waals surface area contributed by atoms with Gasteiger partial charge in [-0.2, -0.15) is 0 Å². The Morgan fingerprint density at radius 3 is 2.60 bits per heavy atom. The van der Waals surface area contributed by atoms with Crippen LogP contribution in [0.3, 0.4) is 0 Å². The van der Waals surface area contributed by atoms with E-state index in [1.165, 1.54) is 0 Å². The van der Waals surface area contributed by atoms with Crippen LogP contribution in [0, 0.1) is 5.92 Å². The molecule has 1 aromatic carbocycles. The molecule has 0 aliphatic carbocycles. The van der Waals surface area contributed by atoms with Crippen molar-refractivity contribution in [3.05, 3.63) is 29.8 Å². The Balaban J connectivity index is 2.20. The van der Waals surface area contributed by atoms with Crippen molar-refractivity contribution in [3.63, 3.8) is 0 Å². The lowest BCUT2D eigenvalue weighted by molar-refractivity contribution is 0.186. The van der Waals surface area contributed by atoms with Gasteiger partial charge in [-0.15, -0.1) is 0 Å². The smallest absolute Gasteiger partial charge is 0.240 e. The highest BCUT2D eigenvalue weighted by atomic mass is 32.2. The second-order valence-electron chi connectivity index (χ2n) is 6.33. The Morgan fingerprint density at radius 2 is 2.00 bits per heavy atom. The van der Waals surface area contributed by atoms with Gasteiger partial charge in [-0.3, -0.25) is 0 Å². The SMILES string of the molecule is CC(C)(C)c1ccccc1S(=O)(=O)NC[C@@H]1CCOC1. The van der Waals surface area contributed by atoms with Crippen molar-refractivity contribution in [1.82, 2.24) is 4.72 Å². The molecule has 1 aliphatic heterocycles. The van der Waals surface area contributed by atoms with Gasteiger partial charge in [0.1, 0.15) is 0 Å². The zero-order valence-corrected chi connectivity index (χ0v) is 13.2. The molecule has 0 bridgehead atoms. The second kappa shape index (κ2) is 5.84. The molecule has 0 aromatic heterocycles. The van der Waals surface area contributed by atoms with E-state index in [4.69, 9.17) is 4.74 Å². The summed E-state index contributed by atoms with van der Waals surface area (Å²) in [6.07, 6.45) is 0.920. The van der Waals surface area contributed by atoms with Crippen molar-refractivity contribution < 1.29 is 13.2 Å². The van der Waals surface area contributed by atoms with Gasteiger partial charge in [0.15, 0.2) is 0 Å². The number of nitrogens with one attached hydrogen (secondary N) is 1. The van der Waals surface area contributed by atoms with Crippen LogP contribution in [0.25, 0.3) is 0 Å². The zero-order valence-electron chi connectivity index (χ0n) is 12.3. The summed E-state index contributed by atoms with van der Waals surface area (Å²) in [5.74, 6) is 0.284. The second-order valence-corrected chi connectivity index (χ2v) is 8.06. The zero-order chi connectivity index (χ0) is 14.8. The topological polar surface area (TPSA) is 55.4 Å². The molecule has 0 saturated carbocycles. The van der Waals surface area contributed by atoms with E-state index in [9.17, 15) is 8.42 Å². The van der Waals surface area contributed by atoms with Gasteiger partial charge in [0, 0.05) is 13.2 Å². The van der Waals surface area contributed by atoms with Crippen LogP contribution in [-0.2, 0) is 20.2 Å². The van der Waals surface area contributed by atoms with Crippen molar-refractivity contribution in [3.8, 4) is 0 Å². The summed E-state index contributed by atoms with van der Waals surface area (Å²) in [7, 11) is -3.47. The van der Waals surface area contributed by atoms with Crippen LogP contribution >= 0.6 is 0 Å². The lowest BCUT2D eigenvalue weighted by Gasteiger charge is -2.23. The fourth-order valence-electron chi connectivity index (χ4n) is 2.37. The molecule has 4 nitrogen and oxygen atoms in total. The van der Waals surface area contributed by atoms with Gasteiger partial charge in [-0.05, 0) is 29.4 Å². The van der Waals surface area contributed by atoms with Crippen LogP contribution in [0.15, 0.2) is 29.2 Å². The normalized spacial score (nSPS) is 20.2. The fourth-order valence-corrected chi connectivity index (χ4v) is 3.90. The van der Waals surface area contributed by atoms with Gasteiger partial charge in [0.05, 0.1) is 11.5 Å². The molecule has 1 saturated heterocycles. The quantitative estimate of drug-likeness (QED) is 0.928. The average Bonchev–Trinajstić information content (AvgIpc) is 2.89. The minimum absolute atomic E-state index is 0.207. The Kier molecular flexibility index (Phi) is 4.52. The van der Waals surface area contributed by atoms with Crippen molar-refractivity contribution >= 4 is 10.0 Å². The van der Waals surface area contributed by atoms with E-state index >= 15 is 0 Å². The molecule has 0 unspecified atom stereocenters. The maximum Gasteiger partial charge on any atom is 0.240 e. The Bertz CT molecular complexity index is 555. The highest BCUT2D eigenvalue weighted by Crippen LogP contribution is 2.28. The molecule has 1 atom stereocenters. The molecule has 5 heteroatoms. The Hall–Kier alpha value is -0.910. The number of hydrogen-bond donors (Lipinski definition) is 1. The van der Waals surface area contributed by atoms with E-state index in [0.717, 1.165) is 18.6 Å². The molecule has 1 heterocycles. The standard InChI is InChI=1S/C15H23NO3S/c1-15(2,3)13-6-4-5-7-14(13)20(17,18)16-10-12-8-9-19-11-12/h4-7,12,16H,8-11H2,1-3H3/t12-/m0/s1. The monoisotopic (exact) mass is 297 g/mol. The van der Waals surface area contributed by atoms with Gasteiger partial charge < -0.3 is 4.74 Å². The van der Waals surface area contributed by atoms with Gasteiger partial charge >= 0.3 is 0 Å². The molecule has 0 amide bonds. The predicted octanol–water partition coefficient (Wildman–Crippen LogP) is 2.30. The van der Waals surface area contributed by atoms with E-state index in [1.807, 2.05) is 32.9 Å². The van der Waals surface area contributed by atoms with Crippen LogP contribution in [0.2, 0.25) is 0 Å². The molecule has 112 valence electrons. The van der Waals surface area contributed by atoms with Crippen LogP contribution < -0.4 is 4.72 Å². The third-order valence-corrected chi connectivity index (χ3v) is 5.05. The number of rotatable bonds is 4. The molecule has 2 rings (SSSR count). The first-order valence-corrected chi connectivity index (χ1v) is 8.46. The largest absolute Gasteiger partial charge is 0.381 e. The Labute approximate surface area is 121 Å². The third-order valence-electron chi connectivity index (χ3n) is 3.57. The molecule has 1 aromatic rings. The van der Waals surface area contributed by atoms with Crippen LogP contribution in [0.5, 0.6) is 0 Å². The maximum atomic E-state index is 12.5. The molecule has 1 N–H and O–H groups in total.